The van der Waals surface area contributed by atoms with Crippen LogP contribution < -0.4 is 5.73 Å². The maximum atomic E-state index is 11.7. The molecule has 0 atom stereocenters. The third-order valence-electron chi connectivity index (χ3n) is 4.02. The number of carbonyl (C=O) groups is 2. The maximum Gasteiger partial charge on any atom is 0.373 e. The number of urea groups is 1. The van der Waals surface area contributed by atoms with Gasteiger partial charge in [0.2, 0.25) is 5.76 Å². The van der Waals surface area contributed by atoms with Crippen LogP contribution in [0.2, 0.25) is 0 Å². The minimum Gasteiger partial charge on any atom is -0.463 e. The third-order valence-corrected chi connectivity index (χ3v) is 4.02. The Balaban J connectivity index is 1.84. The molecule has 23 heavy (non-hydrogen) atoms. The second kappa shape index (κ2) is 7.77. The summed E-state index contributed by atoms with van der Waals surface area (Å²) < 4.78 is 10.1. The third kappa shape index (κ3) is 4.32. The topological polar surface area (TPSA) is 101 Å². The number of piperidine rings is 1. The summed E-state index contributed by atoms with van der Waals surface area (Å²) >= 11 is 0. The molecule has 1 aliphatic rings. The highest BCUT2D eigenvalue weighted by Crippen LogP contribution is 2.19. The Hall–Kier alpha value is -2.35. The molecule has 8 nitrogen and oxygen atoms in total. The number of rotatable bonds is 4. The number of likely N-dealkylation sites (tertiary alicyclic amines) is 1. The van der Waals surface area contributed by atoms with Gasteiger partial charge >= 0.3 is 12.0 Å². The molecule has 0 unspecified atom stereocenters. The number of hydrogen-bond acceptors (Lipinski definition) is 5. The first-order valence-electron chi connectivity index (χ1n) is 7.45. The first-order chi connectivity index (χ1) is 11.0. The summed E-state index contributed by atoms with van der Waals surface area (Å²) in [6.45, 7) is 2.30. The van der Waals surface area contributed by atoms with Crippen LogP contribution in [0.15, 0.2) is 21.5 Å². The molecular formula is C15H22N4O4. The molecule has 126 valence electrons. The number of aliphatic imine (C=N–C) groups is 1. The quantitative estimate of drug-likeness (QED) is 0.505. The van der Waals surface area contributed by atoms with E-state index in [0.717, 1.165) is 38.0 Å². The normalized spacial score (nSPS) is 16.6. The van der Waals surface area contributed by atoms with Crippen LogP contribution in [0.4, 0.5) is 4.79 Å². The summed E-state index contributed by atoms with van der Waals surface area (Å²) in [6, 6.07) is 3.24. The van der Waals surface area contributed by atoms with Crippen molar-refractivity contribution in [1.82, 2.24) is 9.80 Å². The van der Waals surface area contributed by atoms with Gasteiger partial charge in [-0.2, -0.15) is 4.99 Å². The van der Waals surface area contributed by atoms with E-state index >= 15 is 0 Å². The van der Waals surface area contributed by atoms with Gasteiger partial charge < -0.3 is 19.8 Å². The molecule has 0 spiro atoms. The van der Waals surface area contributed by atoms with Crippen LogP contribution >= 0.6 is 0 Å². The molecule has 0 aliphatic carbocycles. The van der Waals surface area contributed by atoms with Gasteiger partial charge in [0.1, 0.15) is 5.76 Å². The molecule has 1 saturated heterocycles. The van der Waals surface area contributed by atoms with Crippen molar-refractivity contribution in [3.8, 4) is 0 Å². The number of hydrogen-bond donors (Lipinski definition) is 1. The van der Waals surface area contributed by atoms with Crippen molar-refractivity contribution >= 4 is 18.3 Å². The number of methoxy groups -OCH3 is 1. The van der Waals surface area contributed by atoms with Gasteiger partial charge in [-0.05, 0) is 25.0 Å². The van der Waals surface area contributed by atoms with Crippen LogP contribution in [-0.2, 0) is 11.3 Å². The second-order valence-electron chi connectivity index (χ2n) is 5.44. The van der Waals surface area contributed by atoms with Crippen molar-refractivity contribution in [3.05, 3.63) is 23.7 Å². The lowest BCUT2D eigenvalue weighted by Crippen LogP contribution is -2.44. The lowest BCUT2D eigenvalue weighted by Gasteiger charge is -2.35. The lowest BCUT2D eigenvalue weighted by molar-refractivity contribution is 0.0560. The number of ether oxygens (including phenoxy) is 1. The number of esters is 1. The Morgan fingerprint density at radius 3 is 2.78 bits per heavy atom. The van der Waals surface area contributed by atoms with Gasteiger partial charge in [0, 0.05) is 26.2 Å². The molecule has 1 fully saturated rings. The van der Waals surface area contributed by atoms with Crippen molar-refractivity contribution in [1.29, 1.82) is 0 Å². The Morgan fingerprint density at radius 2 is 2.17 bits per heavy atom. The molecule has 1 aromatic heterocycles. The number of carbonyl (C=O) groups excluding carboxylic acids is 2. The molecule has 2 N–H and O–H groups in total. The Kier molecular flexibility index (Phi) is 5.75. The molecule has 0 bridgehead atoms. The van der Waals surface area contributed by atoms with E-state index in [0.29, 0.717) is 6.54 Å². The van der Waals surface area contributed by atoms with Crippen LogP contribution in [0.1, 0.15) is 29.2 Å². The van der Waals surface area contributed by atoms with E-state index < -0.39 is 5.97 Å². The molecule has 1 aliphatic heterocycles. The SMILES string of the molecule is COC(=O)c1ccc(CN2CCC(N(C)C(=O)N=CN)CC2)o1. The Labute approximate surface area is 134 Å². The predicted octanol–water partition coefficient (Wildman–Crippen LogP) is 1.07. The van der Waals surface area contributed by atoms with Crippen molar-refractivity contribution in [2.24, 2.45) is 10.7 Å². The van der Waals surface area contributed by atoms with Crippen molar-refractivity contribution in [2.45, 2.75) is 25.4 Å². The van der Waals surface area contributed by atoms with Gasteiger partial charge in [0.25, 0.3) is 0 Å². The average Bonchev–Trinajstić information content (AvgIpc) is 3.03. The van der Waals surface area contributed by atoms with E-state index in [1.807, 2.05) is 0 Å². The zero-order valence-electron chi connectivity index (χ0n) is 13.4. The maximum absolute atomic E-state index is 11.7. The fourth-order valence-electron chi connectivity index (χ4n) is 2.67. The van der Waals surface area contributed by atoms with E-state index in [1.165, 1.54) is 7.11 Å². The van der Waals surface area contributed by atoms with E-state index in [2.05, 4.69) is 14.6 Å². The molecule has 2 heterocycles. The zero-order chi connectivity index (χ0) is 16.8. The average molecular weight is 322 g/mol. The predicted molar refractivity (Wildman–Crippen MR) is 84.2 cm³/mol. The van der Waals surface area contributed by atoms with Crippen molar-refractivity contribution in [2.75, 3.05) is 27.2 Å². The van der Waals surface area contributed by atoms with E-state index in [4.69, 9.17) is 10.2 Å². The summed E-state index contributed by atoms with van der Waals surface area (Å²) in [6.07, 6.45) is 2.73. The zero-order valence-corrected chi connectivity index (χ0v) is 13.4. The molecule has 0 saturated carbocycles. The van der Waals surface area contributed by atoms with Crippen molar-refractivity contribution < 1.29 is 18.7 Å². The van der Waals surface area contributed by atoms with E-state index in [1.54, 1.807) is 24.1 Å². The number of furan rings is 1. The Bertz CT molecular complexity index is 576. The molecule has 8 heteroatoms. The molecular weight excluding hydrogens is 300 g/mol. The summed E-state index contributed by atoms with van der Waals surface area (Å²) in [5.74, 6) is 0.457. The van der Waals surface area contributed by atoms with Gasteiger partial charge in [-0.1, -0.05) is 0 Å². The van der Waals surface area contributed by atoms with E-state index in [9.17, 15) is 9.59 Å². The van der Waals surface area contributed by atoms with Crippen LogP contribution in [0.5, 0.6) is 0 Å². The largest absolute Gasteiger partial charge is 0.463 e. The highest BCUT2D eigenvalue weighted by molar-refractivity contribution is 5.86. The molecule has 2 amide bonds. The number of amides is 2. The monoisotopic (exact) mass is 322 g/mol. The van der Waals surface area contributed by atoms with Gasteiger partial charge in [-0.25, -0.2) is 9.59 Å². The highest BCUT2D eigenvalue weighted by atomic mass is 16.5. The van der Waals surface area contributed by atoms with Gasteiger partial charge in [0.15, 0.2) is 0 Å². The van der Waals surface area contributed by atoms with E-state index in [-0.39, 0.29) is 17.8 Å². The molecule has 0 radical (unpaired) electrons. The number of nitrogens with two attached hydrogens (primary N) is 1. The van der Waals surface area contributed by atoms with Gasteiger partial charge in [-0.15, -0.1) is 0 Å². The molecule has 2 rings (SSSR count). The standard InChI is InChI=1S/C15H22N4O4/c1-18(15(21)17-10-16)11-5-7-19(8-6-11)9-12-3-4-13(23-12)14(20)22-2/h3-4,10-11H,5-9H2,1-2H3,(H2,16,17,21). The summed E-state index contributed by atoms with van der Waals surface area (Å²) in [4.78, 5) is 30.5. The molecule has 1 aromatic rings. The first kappa shape index (κ1) is 17.0. The van der Waals surface area contributed by atoms with Gasteiger partial charge in [0.05, 0.1) is 20.0 Å². The van der Waals surface area contributed by atoms with Crippen LogP contribution in [0.3, 0.4) is 0 Å². The second-order valence-corrected chi connectivity index (χ2v) is 5.44. The summed E-state index contributed by atoms with van der Waals surface area (Å²) in [5.41, 5.74) is 5.15. The highest BCUT2D eigenvalue weighted by Gasteiger charge is 2.25. The Morgan fingerprint density at radius 1 is 1.48 bits per heavy atom. The fourth-order valence-corrected chi connectivity index (χ4v) is 2.67. The first-order valence-corrected chi connectivity index (χ1v) is 7.45. The number of nitrogens with zero attached hydrogens (tertiary/aromatic N) is 3. The summed E-state index contributed by atoms with van der Waals surface area (Å²) in [7, 11) is 3.06. The lowest BCUT2D eigenvalue weighted by atomic mass is 10.0. The van der Waals surface area contributed by atoms with Crippen LogP contribution in [-0.4, -0.2) is 61.4 Å². The smallest absolute Gasteiger partial charge is 0.373 e. The van der Waals surface area contributed by atoms with Crippen LogP contribution in [0, 0.1) is 0 Å². The van der Waals surface area contributed by atoms with Gasteiger partial charge in [-0.3, -0.25) is 4.90 Å². The molecule has 0 aromatic carbocycles. The van der Waals surface area contributed by atoms with Crippen LogP contribution in [0.25, 0.3) is 0 Å². The van der Waals surface area contributed by atoms with Crippen molar-refractivity contribution in [3.63, 3.8) is 0 Å². The minimum absolute atomic E-state index is 0.157. The summed E-state index contributed by atoms with van der Waals surface area (Å²) in [5, 5.41) is 0. The minimum atomic E-state index is -0.476. The fraction of sp³-hybridized carbons (Fsp3) is 0.533.